The van der Waals surface area contributed by atoms with Gasteiger partial charge in [0.25, 0.3) is 5.91 Å². The molecule has 28 heavy (non-hydrogen) atoms. The Kier molecular flexibility index (Phi) is 3.56. The molecule has 0 radical (unpaired) electrons. The number of hydrogen-bond donors (Lipinski definition) is 0. The lowest BCUT2D eigenvalue weighted by Crippen LogP contribution is -2.60. The number of benzene rings is 1. The molecule has 1 aromatic carbocycles. The van der Waals surface area contributed by atoms with Gasteiger partial charge in [-0.25, -0.2) is 9.50 Å². The molecule has 2 aromatic heterocycles. The first kappa shape index (κ1) is 16.2. The molecule has 0 saturated carbocycles. The number of imidazole rings is 1. The van der Waals surface area contributed by atoms with Crippen molar-refractivity contribution in [1.29, 1.82) is 0 Å². The van der Waals surface area contributed by atoms with Gasteiger partial charge in [-0.2, -0.15) is 5.10 Å². The Hall–Kier alpha value is -2.73. The first-order chi connectivity index (χ1) is 13.8. The number of aromatic nitrogens is 3. The Morgan fingerprint density at radius 3 is 2.64 bits per heavy atom. The van der Waals surface area contributed by atoms with Gasteiger partial charge in [-0.05, 0) is 49.5 Å². The van der Waals surface area contributed by atoms with Gasteiger partial charge in [-0.3, -0.25) is 9.69 Å². The SMILES string of the molecule is O=C(c1cnc2cccnn12)N1C[C@H](c2ccccc2)[C@H]2[C@@H]1C1CCN2CC1. The molecule has 4 aliphatic rings. The molecule has 0 N–H and O–H groups in total. The van der Waals surface area contributed by atoms with E-state index in [0.717, 1.165) is 25.3 Å². The Bertz CT molecular complexity index is 1020. The van der Waals surface area contributed by atoms with Crippen LogP contribution in [0.4, 0.5) is 0 Å². The van der Waals surface area contributed by atoms with Crippen LogP contribution in [-0.2, 0) is 0 Å². The number of amides is 1. The molecule has 3 atom stereocenters. The maximum atomic E-state index is 13.6. The third kappa shape index (κ3) is 2.27. The summed E-state index contributed by atoms with van der Waals surface area (Å²) >= 11 is 0. The molecule has 4 fully saturated rings. The Morgan fingerprint density at radius 1 is 1.00 bits per heavy atom. The molecular weight excluding hydrogens is 350 g/mol. The summed E-state index contributed by atoms with van der Waals surface area (Å²) in [6.07, 6.45) is 5.77. The maximum Gasteiger partial charge on any atom is 0.274 e. The minimum Gasteiger partial charge on any atom is -0.332 e. The Labute approximate surface area is 163 Å². The molecule has 6 nitrogen and oxygen atoms in total. The van der Waals surface area contributed by atoms with E-state index < -0.39 is 0 Å². The molecule has 0 aliphatic carbocycles. The number of carbonyl (C=O) groups excluding carboxylic acids is 1. The van der Waals surface area contributed by atoms with Crippen LogP contribution in [0.1, 0.15) is 34.8 Å². The molecule has 3 aromatic rings. The van der Waals surface area contributed by atoms with E-state index in [-0.39, 0.29) is 11.9 Å². The highest BCUT2D eigenvalue weighted by atomic mass is 16.2. The predicted molar refractivity (Wildman–Crippen MR) is 105 cm³/mol. The van der Waals surface area contributed by atoms with Crippen molar-refractivity contribution in [1.82, 2.24) is 24.4 Å². The zero-order valence-corrected chi connectivity index (χ0v) is 15.7. The number of rotatable bonds is 2. The molecule has 4 aliphatic heterocycles. The largest absolute Gasteiger partial charge is 0.332 e. The van der Waals surface area contributed by atoms with Gasteiger partial charge in [0.15, 0.2) is 11.3 Å². The van der Waals surface area contributed by atoms with Gasteiger partial charge in [0.1, 0.15) is 0 Å². The molecule has 1 amide bonds. The zero-order chi connectivity index (χ0) is 18.7. The molecular formula is C22H23N5O. The fourth-order valence-corrected chi connectivity index (χ4v) is 5.77. The second kappa shape index (κ2) is 6.14. The minimum absolute atomic E-state index is 0.0633. The molecule has 7 rings (SSSR count). The summed E-state index contributed by atoms with van der Waals surface area (Å²) in [6, 6.07) is 15.2. The van der Waals surface area contributed by atoms with Crippen LogP contribution < -0.4 is 0 Å². The Morgan fingerprint density at radius 2 is 1.82 bits per heavy atom. The summed E-state index contributed by atoms with van der Waals surface area (Å²) in [4.78, 5) is 22.8. The van der Waals surface area contributed by atoms with Crippen LogP contribution in [0, 0.1) is 5.92 Å². The monoisotopic (exact) mass is 373 g/mol. The van der Waals surface area contributed by atoms with Crippen molar-refractivity contribution in [2.45, 2.75) is 30.8 Å². The van der Waals surface area contributed by atoms with Crippen LogP contribution >= 0.6 is 0 Å². The van der Waals surface area contributed by atoms with E-state index in [1.165, 1.54) is 18.4 Å². The summed E-state index contributed by atoms with van der Waals surface area (Å²) in [5.74, 6) is 1.03. The summed E-state index contributed by atoms with van der Waals surface area (Å²) in [5.41, 5.74) is 2.63. The van der Waals surface area contributed by atoms with Gasteiger partial charge >= 0.3 is 0 Å². The van der Waals surface area contributed by atoms with E-state index in [1.807, 2.05) is 12.1 Å². The number of nitrogens with zero attached hydrogens (tertiary/aromatic N) is 5. The highest BCUT2D eigenvalue weighted by Crippen LogP contribution is 2.46. The summed E-state index contributed by atoms with van der Waals surface area (Å²) < 4.78 is 1.68. The number of carbonyl (C=O) groups is 1. The molecule has 2 bridgehead atoms. The van der Waals surface area contributed by atoms with Crippen molar-refractivity contribution in [2.24, 2.45) is 5.92 Å². The smallest absolute Gasteiger partial charge is 0.274 e. The predicted octanol–water partition coefficient (Wildman–Crippen LogP) is 2.43. The summed E-state index contributed by atoms with van der Waals surface area (Å²) in [6.45, 7) is 3.09. The lowest BCUT2D eigenvalue weighted by atomic mass is 9.75. The number of fused-ring (bicyclic) bond motifs is 3. The van der Waals surface area contributed by atoms with E-state index in [1.54, 1.807) is 16.9 Å². The second-order valence-corrected chi connectivity index (χ2v) is 8.27. The molecule has 0 spiro atoms. The zero-order valence-electron chi connectivity index (χ0n) is 15.7. The average Bonchev–Trinajstić information content (AvgIpc) is 3.38. The fourth-order valence-electron chi connectivity index (χ4n) is 5.77. The van der Waals surface area contributed by atoms with Gasteiger partial charge in [-0.15, -0.1) is 0 Å². The second-order valence-electron chi connectivity index (χ2n) is 8.27. The van der Waals surface area contributed by atoms with Gasteiger partial charge in [0.2, 0.25) is 0 Å². The molecule has 0 unspecified atom stereocenters. The average molecular weight is 373 g/mol. The Balaban J connectivity index is 1.42. The minimum atomic E-state index is 0.0633. The van der Waals surface area contributed by atoms with Gasteiger partial charge in [0.05, 0.1) is 12.2 Å². The normalized spacial score (nSPS) is 31.3. The van der Waals surface area contributed by atoms with Gasteiger partial charge in [0, 0.05) is 24.7 Å². The molecule has 4 saturated heterocycles. The lowest BCUT2D eigenvalue weighted by Gasteiger charge is -2.51. The van der Waals surface area contributed by atoms with Crippen LogP contribution in [0.3, 0.4) is 0 Å². The van der Waals surface area contributed by atoms with E-state index in [2.05, 4.69) is 50.2 Å². The van der Waals surface area contributed by atoms with E-state index in [9.17, 15) is 4.79 Å². The lowest BCUT2D eigenvalue weighted by molar-refractivity contribution is -0.00365. The standard InChI is InChI=1S/C22H23N5O/c28-22(18-13-23-19-7-4-10-24-27(18)19)26-14-17(15-5-2-1-3-6-15)21-20(26)16-8-11-25(21)12-9-16/h1-7,10,13,16-17,20-21H,8-9,11-12,14H2/t17-,20+,21+/m1/s1. The van der Waals surface area contributed by atoms with Crippen molar-refractivity contribution in [3.05, 3.63) is 66.1 Å². The maximum absolute atomic E-state index is 13.6. The van der Waals surface area contributed by atoms with Crippen LogP contribution in [0.5, 0.6) is 0 Å². The molecule has 6 heteroatoms. The van der Waals surface area contributed by atoms with Crippen molar-refractivity contribution in [3.8, 4) is 0 Å². The highest BCUT2D eigenvalue weighted by Gasteiger charge is 2.54. The van der Waals surface area contributed by atoms with Crippen LogP contribution in [0.15, 0.2) is 54.9 Å². The summed E-state index contributed by atoms with van der Waals surface area (Å²) in [7, 11) is 0. The van der Waals surface area contributed by atoms with Crippen LogP contribution in [0.2, 0.25) is 0 Å². The van der Waals surface area contributed by atoms with Gasteiger partial charge in [-0.1, -0.05) is 30.3 Å². The van der Waals surface area contributed by atoms with Crippen LogP contribution in [0.25, 0.3) is 5.65 Å². The third-order valence-electron chi connectivity index (χ3n) is 6.98. The first-order valence-electron chi connectivity index (χ1n) is 10.2. The van der Waals surface area contributed by atoms with E-state index in [0.29, 0.717) is 23.6 Å². The van der Waals surface area contributed by atoms with Crippen molar-refractivity contribution >= 4 is 11.6 Å². The van der Waals surface area contributed by atoms with Crippen molar-refractivity contribution in [2.75, 3.05) is 19.6 Å². The van der Waals surface area contributed by atoms with Crippen molar-refractivity contribution < 1.29 is 4.79 Å². The highest BCUT2D eigenvalue weighted by molar-refractivity contribution is 5.93. The van der Waals surface area contributed by atoms with E-state index >= 15 is 0 Å². The number of hydrogen-bond acceptors (Lipinski definition) is 4. The molecule has 6 heterocycles. The first-order valence-corrected chi connectivity index (χ1v) is 10.2. The number of likely N-dealkylation sites (tertiary alicyclic amines) is 1. The third-order valence-corrected chi connectivity index (χ3v) is 6.98. The van der Waals surface area contributed by atoms with Gasteiger partial charge < -0.3 is 4.90 Å². The van der Waals surface area contributed by atoms with Crippen molar-refractivity contribution in [3.63, 3.8) is 0 Å². The fraction of sp³-hybridized carbons (Fsp3) is 0.409. The summed E-state index contributed by atoms with van der Waals surface area (Å²) in [5, 5.41) is 4.36. The number of piperidine rings is 3. The quantitative estimate of drug-likeness (QED) is 0.692. The van der Waals surface area contributed by atoms with Crippen LogP contribution in [-0.4, -0.2) is 62.0 Å². The molecule has 142 valence electrons. The topological polar surface area (TPSA) is 53.7 Å². The van der Waals surface area contributed by atoms with E-state index in [4.69, 9.17) is 0 Å².